The summed E-state index contributed by atoms with van der Waals surface area (Å²) in [4.78, 5) is 18.6. The molecule has 2 atom stereocenters. The van der Waals surface area contributed by atoms with E-state index in [2.05, 4.69) is 25.4 Å². The molecule has 3 heterocycles. The second-order valence-electron chi connectivity index (χ2n) is 6.03. The number of rotatable bonds is 6. The van der Waals surface area contributed by atoms with Gasteiger partial charge in [-0.05, 0) is 12.8 Å². The van der Waals surface area contributed by atoms with Gasteiger partial charge in [-0.1, -0.05) is 6.92 Å². The standard InChI is InChI=1S/C15H25N5O3/c1-2-13-17-15(19-18-13)12-9-20(5-7-23-12)10-14(21)16-8-11-4-3-6-22-11/h11-12H,2-10H2,1H3,(H,16,21)(H,17,18,19)/t11-,12+/m1/s1. The predicted octanol–water partition coefficient (Wildman–Crippen LogP) is 0.0356. The van der Waals surface area contributed by atoms with Gasteiger partial charge in [-0.15, -0.1) is 0 Å². The van der Waals surface area contributed by atoms with Crippen molar-refractivity contribution in [1.29, 1.82) is 0 Å². The highest BCUT2D eigenvalue weighted by molar-refractivity contribution is 5.78. The number of nitrogens with one attached hydrogen (secondary N) is 2. The van der Waals surface area contributed by atoms with Gasteiger partial charge in [0.05, 0.1) is 19.3 Å². The lowest BCUT2D eigenvalue weighted by Gasteiger charge is -2.31. The molecule has 128 valence electrons. The third-order valence-electron chi connectivity index (χ3n) is 4.24. The van der Waals surface area contributed by atoms with Gasteiger partial charge in [-0.2, -0.15) is 5.10 Å². The number of carbonyl (C=O) groups excluding carboxylic acids is 1. The number of amides is 1. The Bertz CT molecular complexity index is 515. The molecule has 0 spiro atoms. The molecule has 23 heavy (non-hydrogen) atoms. The second kappa shape index (κ2) is 7.85. The number of nitrogens with zero attached hydrogens (tertiary/aromatic N) is 3. The van der Waals surface area contributed by atoms with Gasteiger partial charge in [0.1, 0.15) is 11.9 Å². The molecule has 2 N–H and O–H groups in total. The fraction of sp³-hybridized carbons (Fsp3) is 0.800. The summed E-state index contributed by atoms with van der Waals surface area (Å²) in [6.07, 6.45) is 2.94. The van der Waals surface area contributed by atoms with Gasteiger partial charge in [-0.3, -0.25) is 14.8 Å². The lowest BCUT2D eigenvalue weighted by molar-refractivity contribution is -0.125. The fourth-order valence-corrected chi connectivity index (χ4v) is 2.91. The number of morpholine rings is 1. The normalized spacial score (nSPS) is 25.6. The second-order valence-corrected chi connectivity index (χ2v) is 6.03. The Kier molecular flexibility index (Phi) is 5.58. The van der Waals surface area contributed by atoms with Crippen molar-refractivity contribution in [3.63, 3.8) is 0 Å². The number of H-pyrrole nitrogens is 1. The summed E-state index contributed by atoms with van der Waals surface area (Å²) in [5, 5.41) is 10.1. The van der Waals surface area contributed by atoms with E-state index in [0.29, 0.717) is 32.1 Å². The minimum atomic E-state index is -0.175. The molecule has 2 aliphatic rings. The molecule has 0 radical (unpaired) electrons. The molecule has 0 saturated carbocycles. The van der Waals surface area contributed by atoms with Crippen molar-refractivity contribution in [1.82, 2.24) is 25.4 Å². The zero-order valence-electron chi connectivity index (χ0n) is 13.6. The smallest absolute Gasteiger partial charge is 0.234 e. The van der Waals surface area contributed by atoms with Crippen LogP contribution in [0, 0.1) is 0 Å². The molecule has 8 heteroatoms. The highest BCUT2D eigenvalue weighted by Gasteiger charge is 2.26. The molecule has 3 rings (SSSR count). The number of aromatic nitrogens is 3. The van der Waals surface area contributed by atoms with Crippen LogP contribution >= 0.6 is 0 Å². The molecule has 2 saturated heterocycles. The molecular formula is C15H25N5O3. The van der Waals surface area contributed by atoms with Crippen LogP contribution < -0.4 is 5.32 Å². The molecule has 0 aliphatic carbocycles. The molecule has 1 aromatic heterocycles. The topological polar surface area (TPSA) is 92.4 Å². The highest BCUT2D eigenvalue weighted by Crippen LogP contribution is 2.19. The average Bonchev–Trinajstić information content (AvgIpc) is 3.24. The van der Waals surface area contributed by atoms with E-state index in [4.69, 9.17) is 9.47 Å². The third-order valence-corrected chi connectivity index (χ3v) is 4.24. The van der Waals surface area contributed by atoms with Gasteiger partial charge in [-0.25, -0.2) is 4.98 Å². The van der Waals surface area contributed by atoms with Crippen LogP contribution in [0.3, 0.4) is 0 Å². The molecule has 0 bridgehead atoms. The van der Waals surface area contributed by atoms with Gasteiger partial charge in [0.2, 0.25) is 5.91 Å². The molecule has 2 aliphatic heterocycles. The zero-order valence-corrected chi connectivity index (χ0v) is 13.6. The van der Waals surface area contributed by atoms with Crippen molar-refractivity contribution < 1.29 is 14.3 Å². The summed E-state index contributed by atoms with van der Waals surface area (Å²) in [7, 11) is 0. The van der Waals surface area contributed by atoms with Gasteiger partial charge < -0.3 is 14.8 Å². The number of aryl methyl sites for hydroxylation is 1. The summed E-state index contributed by atoms with van der Waals surface area (Å²) < 4.78 is 11.2. The maximum Gasteiger partial charge on any atom is 0.234 e. The Morgan fingerprint density at radius 2 is 2.35 bits per heavy atom. The van der Waals surface area contributed by atoms with Gasteiger partial charge in [0.15, 0.2) is 5.82 Å². The van der Waals surface area contributed by atoms with Crippen LogP contribution in [0.1, 0.15) is 37.5 Å². The lowest BCUT2D eigenvalue weighted by atomic mass is 10.2. The third kappa shape index (κ3) is 4.49. The summed E-state index contributed by atoms with van der Waals surface area (Å²) in [5.74, 6) is 1.56. The first-order valence-electron chi connectivity index (χ1n) is 8.38. The van der Waals surface area contributed by atoms with E-state index < -0.39 is 0 Å². The van der Waals surface area contributed by atoms with Gasteiger partial charge in [0.25, 0.3) is 0 Å². The van der Waals surface area contributed by atoms with Gasteiger partial charge in [0, 0.05) is 32.7 Å². The molecule has 0 unspecified atom stereocenters. The van der Waals surface area contributed by atoms with Crippen molar-refractivity contribution >= 4 is 5.91 Å². The molecular weight excluding hydrogens is 298 g/mol. The SMILES string of the molecule is CCc1nc([C@@H]2CN(CC(=O)NC[C@H]3CCCO3)CCO2)n[nH]1. The molecule has 2 fully saturated rings. The minimum absolute atomic E-state index is 0.0328. The molecule has 1 aromatic rings. The number of aromatic amines is 1. The van der Waals surface area contributed by atoms with Gasteiger partial charge >= 0.3 is 0 Å². The Morgan fingerprint density at radius 3 is 3.09 bits per heavy atom. The number of hydrogen-bond acceptors (Lipinski definition) is 6. The minimum Gasteiger partial charge on any atom is -0.376 e. The van der Waals surface area contributed by atoms with Crippen molar-refractivity contribution in [2.75, 3.05) is 39.4 Å². The first kappa shape index (κ1) is 16.4. The Balaban J connectivity index is 1.45. The quantitative estimate of drug-likeness (QED) is 0.768. The van der Waals surface area contributed by atoms with Crippen LogP contribution in [0.5, 0.6) is 0 Å². The van der Waals surface area contributed by atoms with E-state index in [-0.39, 0.29) is 18.1 Å². The van der Waals surface area contributed by atoms with Crippen LogP contribution in [0.4, 0.5) is 0 Å². The van der Waals surface area contributed by atoms with Crippen LogP contribution in [-0.4, -0.2) is 71.5 Å². The van der Waals surface area contributed by atoms with Crippen LogP contribution in [-0.2, 0) is 20.7 Å². The van der Waals surface area contributed by atoms with E-state index in [0.717, 1.165) is 38.2 Å². The Labute approximate surface area is 135 Å². The molecule has 0 aromatic carbocycles. The summed E-state index contributed by atoms with van der Waals surface area (Å²) in [5.41, 5.74) is 0. The van der Waals surface area contributed by atoms with Crippen LogP contribution in [0.25, 0.3) is 0 Å². The van der Waals surface area contributed by atoms with Crippen molar-refractivity contribution in [2.45, 2.75) is 38.4 Å². The fourth-order valence-electron chi connectivity index (χ4n) is 2.91. The zero-order chi connectivity index (χ0) is 16.1. The number of ether oxygens (including phenoxy) is 2. The first-order chi connectivity index (χ1) is 11.2. The Morgan fingerprint density at radius 1 is 1.43 bits per heavy atom. The molecule has 1 amide bonds. The van der Waals surface area contributed by atoms with E-state index in [1.807, 2.05) is 6.92 Å². The van der Waals surface area contributed by atoms with E-state index >= 15 is 0 Å². The van der Waals surface area contributed by atoms with Crippen molar-refractivity contribution in [3.8, 4) is 0 Å². The van der Waals surface area contributed by atoms with Crippen molar-refractivity contribution in [3.05, 3.63) is 11.6 Å². The average molecular weight is 323 g/mol. The van der Waals surface area contributed by atoms with E-state index in [1.165, 1.54) is 0 Å². The van der Waals surface area contributed by atoms with Crippen LogP contribution in [0.15, 0.2) is 0 Å². The summed E-state index contributed by atoms with van der Waals surface area (Å²) in [6.45, 7) is 5.77. The van der Waals surface area contributed by atoms with Crippen LogP contribution in [0.2, 0.25) is 0 Å². The summed E-state index contributed by atoms with van der Waals surface area (Å²) in [6, 6.07) is 0. The van der Waals surface area contributed by atoms with Crippen molar-refractivity contribution in [2.24, 2.45) is 0 Å². The predicted molar refractivity (Wildman–Crippen MR) is 82.9 cm³/mol. The van der Waals surface area contributed by atoms with E-state index in [1.54, 1.807) is 0 Å². The number of hydrogen-bond donors (Lipinski definition) is 2. The number of carbonyl (C=O) groups is 1. The van der Waals surface area contributed by atoms with E-state index in [9.17, 15) is 4.79 Å². The Hall–Kier alpha value is -1.51. The monoisotopic (exact) mass is 323 g/mol. The maximum atomic E-state index is 12.1. The first-order valence-corrected chi connectivity index (χ1v) is 8.38. The maximum absolute atomic E-state index is 12.1. The lowest BCUT2D eigenvalue weighted by Crippen LogP contribution is -2.45. The molecule has 8 nitrogen and oxygen atoms in total. The highest BCUT2D eigenvalue weighted by atomic mass is 16.5. The summed E-state index contributed by atoms with van der Waals surface area (Å²) >= 11 is 0. The largest absolute Gasteiger partial charge is 0.376 e.